The van der Waals surface area contributed by atoms with Gasteiger partial charge < -0.3 is 14.4 Å². The molecular formula is C18H21ClN4O3. The molecule has 1 fully saturated rings. The van der Waals surface area contributed by atoms with E-state index in [2.05, 4.69) is 15.0 Å². The van der Waals surface area contributed by atoms with E-state index in [1.165, 1.54) is 6.33 Å². The summed E-state index contributed by atoms with van der Waals surface area (Å²) in [6.07, 6.45) is 6.90. The first kappa shape index (κ1) is 18.4. The van der Waals surface area contributed by atoms with Crippen molar-refractivity contribution in [3.05, 3.63) is 36.1 Å². The molecule has 0 aliphatic carbocycles. The largest absolute Gasteiger partial charge is 0.490 e. The highest BCUT2D eigenvalue weighted by Crippen LogP contribution is 2.29. The summed E-state index contributed by atoms with van der Waals surface area (Å²) in [5.41, 5.74) is 0.946. The minimum atomic E-state index is -0.509. The summed E-state index contributed by atoms with van der Waals surface area (Å²) in [5.74, 6) is 0.573. The highest BCUT2D eigenvalue weighted by Gasteiger charge is 2.35. The molecule has 1 aliphatic rings. The molecule has 138 valence electrons. The standard InChI is InChI=1S/C18H21ClN4O3/c1-18(2,3)26-17(24)23-5-4-13(23)10-25-14-6-15(16(19)22-9-14)12-7-20-11-21-8-12/h6-9,11,13H,4-5,10H2,1-3H3/t13-/m0/s1. The molecule has 0 radical (unpaired) electrons. The molecule has 8 heteroatoms. The predicted octanol–water partition coefficient (Wildman–Crippen LogP) is 3.58. The van der Waals surface area contributed by atoms with Crippen LogP contribution >= 0.6 is 11.6 Å². The second-order valence-electron chi connectivity index (χ2n) is 7.06. The van der Waals surface area contributed by atoms with Gasteiger partial charge in [-0.1, -0.05) is 11.6 Å². The normalized spacial score (nSPS) is 16.8. The Kier molecular flexibility index (Phi) is 5.27. The molecule has 1 atom stereocenters. The number of halogens is 1. The van der Waals surface area contributed by atoms with Crippen LogP contribution in [0.3, 0.4) is 0 Å². The molecule has 3 rings (SSSR count). The summed E-state index contributed by atoms with van der Waals surface area (Å²) in [5, 5.41) is 0.353. The SMILES string of the molecule is CC(C)(C)OC(=O)N1CC[C@H]1COc1cnc(Cl)c(-c2cncnc2)c1. The quantitative estimate of drug-likeness (QED) is 0.759. The van der Waals surface area contributed by atoms with Crippen LogP contribution in [0.5, 0.6) is 5.75 Å². The first-order chi connectivity index (χ1) is 12.3. The fourth-order valence-electron chi connectivity index (χ4n) is 2.52. The molecule has 0 N–H and O–H groups in total. The summed E-state index contributed by atoms with van der Waals surface area (Å²) in [6, 6.07) is 1.79. The van der Waals surface area contributed by atoms with E-state index in [4.69, 9.17) is 21.1 Å². The molecule has 1 amide bonds. The fraction of sp³-hybridized carbons (Fsp3) is 0.444. The number of pyridine rings is 1. The minimum Gasteiger partial charge on any atom is -0.490 e. The minimum absolute atomic E-state index is 0.0102. The van der Waals surface area contributed by atoms with Gasteiger partial charge in [0.25, 0.3) is 0 Å². The lowest BCUT2D eigenvalue weighted by Crippen LogP contribution is -2.55. The molecule has 0 spiro atoms. The van der Waals surface area contributed by atoms with Crippen molar-refractivity contribution in [2.24, 2.45) is 0 Å². The molecule has 2 aromatic rings. The van der Waals surface area contributed by atoms with Gasteiger partial charge in [-0.25, -0.2) is 19.7 Å². The van der Waals surface area contributed by atoms with Gasteiger partial charge in [0.1, 0.15) is 29.4 Å². The first-order valence-corrected chi connectivity index (χ1v) is 8.74. The molecule has 26 heavy (non-hydrogen) atoms. The van der Waals surface area contributed by atoms with E-state index in [1.807, 2.05) is 20.8 Å². The van der Waals surface area contributed by atoms with E-state index in [1.54, 1.807) is 29.6 Å². The average Bonchev–Trinajstić information content (AvgIpc) is 2.54. The Hall–Kier alpha value is -2.41. The number of nitrogens with zero attached hydrogens (tertiary/aromatic N) is 4. The lowest BCUT2D eigenvalue weighted by molar-refractivity contribution is -0.0141. The van der Waals surface area contributed by atoms with Crippen molar-refractivity contribution in [1.29, 1.82) is 0 Å². The van der Waals surface area contributed by atoms with Crippen LogP contribution in [0.1, 0.15) is 27.2 Å². The number of hydrogen-bond donors (Lipinski definition) is 0. The second kappa shape index (κ2) is 7.45. The van der Waals surface area contributed by atoms with Crippen LogP contribution in [-0.4, -0.2) is 50.7 Å². The van der Waals surface area contributed by atoms with E-state index in [0.717, 1.165) is 12.0 Å². The van der Waals surface area contributed by atoms with Crippen molar-refractivity contribution in [3.8, 4) is 16.9 Å². The number of rotatable bonds is 4. The molecule has 0 saturated carbocycles. The molecule has 0 aromatic carbocycles. The summed E-state index contributed by atoms with van der Waals surface area (Å²) in [6.45, 7) is 6.60. The Labute approximate surface area is 157 Å². The molecule has 1 aliphatic heterocycles. The lowest BCUT2D eigenvalue weighted by Gasteiger charge is -2.40. The molecule has 2 aromatic heterocycles. The Morgan fingerprint density at radius 1 is 1.31 bits per heavy atom. The van der Waals surface area contributed by atoms with E-state index in [0.29, 0.717) is 29.6 Å². The van der Waals surface area contributed by atoms with Crippen molar-refractivity contribution in [1.82, 2.24) is 19.9 Å². The summed E-state index contributed by atoms with van der Waals surface area (Å²) < 4.78 is 11.2. The van der Waals surface area contributed by atoms with Crippen LogP contribution in [0, 0.1) is 0 Å². The number of carbonyl (C=O) groups excluding carboxylic acids is 1. The lowest BCUT2D eigenvalue weighted by atomic mass is 10.1. The van der Waals surface area contributed by atoms with Crippen LogP contribution in [0.2, 0.25) is 5.15 Å². The van der Waals surface area contributed by atoms with E-state index >= 15 is 0 Å². The van der Waals surface area contributed by atoms with Crippen LogP contribution in [0.25, 0.3) is 11.1 Å². The van der Waals surface area contributed by atoms with Gasteiger partial charge in [0, 0.05) is 30.1 Å². The van der Waals surface area contributed by atoms with Crippen molar-refractivity contribution < 1.29 is 14.3 Å². The third-order valence-electron chi connectivity index (χ3n) is 3.90. The zero-order chi connectivity index (χ0) is 18.7. The second-order valence-corrected chi connectivity index (χ2v) is 7.42. The number of amides is 1. The Bertz CT molecular complexity index is 780. The van der Waals surface area contributed by atoms with E-state index in [9.17, 15) is 4.79 Å². The van der Waals surface area contributed by atoms with Gasteiger partial charge >= 0.3 is 6.09 Å². The molecular weight excluding hydrogens is 356 g/mol. The van der Waals surface area contributed by atoms with Gasteiger partial charge in [-0.05, 0) is 33.3 Å². The summed E-state index contributed by atoms with van der Waals surface area (Å²) in [7, 11) is 0. The smallest absolute Gasteiger partial charge is 0.410 e. The monoisotopic (exact) mass is 376 g/mol. The third kappa shape index (κ3) is 4.40. The van der Waals surface area contributed by atoms with Gasteiger partial charge in [-0.3, -0.25) is 0 Å². The van der Waals surface area contributed by atoms with Crippen LogP contribution in [0.4, 0.5) is 4.79 Å². The van der Waals surface area contributed by atoms with Gasteiger partial charge in [-0.15, -0.1) is 0 Å². The van der Waals surface area contributed by atoms with Gasteiger partial charge in [0.15, 0.2) is 0 Å². The number of likely N-dealkylation sites (tertiary alicyclic amines) is 1. The third-order valence-corrected chi connectivity index (χ3v) is 4.20. The van der Waals surface area contributed by atoms with Crippen LogP contribution in [-0.2, 0) is 4.74 Å². The number of carbonyl (C=O) groups is 1. The van der Waals surface area contributed by atoms with Crippen LogP contribution in [0.15, 0.2) is 31.0 Å². The summed E-state index contributed by atoms with van der Waals surface area (Å²) >= 11 is 6.17. The predicted molar refractivity (Wildman–Crippen MR) is 97.1 cm³/mol. The highest BCUT2D eigenvalue weighted by atomic mass is 35.5. The van der Waals surface area contributed by atoms with Gasteiger partial charge in [0.2, 0.25) is 0 Å². The highest BCUT2D eigenvalue weighted by molar-refractivity contribution is 6.32. The molecule has 0 unspecified atom stereocenters. The van der Waals surface area contributed by atoms with E-state index in [-0.39, 0.29) is 12.1 Å². The maximum atomic E-state index is 12.2. The van der Waals surface area contributed by atoms with Crippen molar-refractivity contribution >= 4 is 17.7 Å². The zero-order valence-corrected chi connectivity index (χ0v) is 15.7. The van der Waals surface area contributed by atoms with Crippen molar-refractivity contribution in [2.75, 3.05) is 13.2 Å². The molecule has 1 saturated heterocycles. The Morgan fingerprint density at radius 2 is 2.04 bits per heavy atom. The van der Waals surface area contributed by atoms with Crippen molar-refractivity contribution in [3.63, 3.8) is 0 Å². The molecule has 0 bridgehead atoms. The topological polar surface area (TPSA) is 77.4 Å². The number of aromatic nitrogens is 3. The average molecular weight is 377 g/mol. The van der Waals surface area contributed by atoms with Gasteiger partial charge in [0.05, 0.1) is 12.2 Å². The fourth-order valence-corrected chi connectivity index (χ4v) is 2.73. The Balaban J connectivity index is 1.63. The maximum absolute atomic E-state index is 12.2. The van der Waals surface area contributed by atoms with Gasteiger partial charge in [-0.2, -0.15) is 0 Å². The molecule has 7 nitrogen and oxygen atoms in total. The number of ether oxygens (including phenoxy) is 2. The zero-order valence-electron chi connectivity index (χ0n) is 15.0. The Morgan fingerprint density at radius 3 is 2.65 bits per heavy atom. The first-order valence-electron chi connectivity index (χ1n) is 8.37. The number of hydrogen-bond acceptors (Lipinski definition) is 6. The van der Waals surface area contributed by atoms with E-state index < -0.39 is 5.60 Å². The van der Waals surface area contributed by atoms with Crippen molar-refractivity contribution in [2.45, 2.75) is 38.8 Å². The van der Waals surface area contributed by atoms with Crippen LogP contribution < -0.4 is 4.74 Å². The molecule has 3 heterocycles. The maximum Gasteiger partial charge on any atom is 0.410 e. The summed E-state index contributed by atoms with van der Waals surface area (Å²) in [4.78, 5) is 26.0.